The lowest BCUT2D eigenvalue weighted by molar-refractivity contribution is 0.0726. The summed E-state index contributed by atoms with van der Waals surface area (Å²) in [6.45, 7) is 6.11. The first-order chi connectivity index (χ1) is 12.9. The van der Waals surface area contributed by atoms with E-state index in [4.69, 9.17) is 4.42 Å². The van der Waals surface area contributed by atoms with Gasteiger partial charge in [0.2, 0.25) is 5.76 Å². The summed E-state index contributed by atoms with van der Waals surface area (Å²) in [7, 11) is 0. The number of fused-ring (bicyclic) bond motifs is 2. The minimum Gasteiger partial charge on any atom is -0.450 e. The van der Waals surface area contributed by atoms with Crippen molar-refractivity contribution in [1.82, 2.24) is 4.90 Å². The maximum atomic E-state index is 14.6. The van der Waals surface area contributed by atoms with Gasteiger partial charge in [-0.3, -0.25) is 9.59 Å². The summed E-state index contributed by atoms with van der Waals surface area (Å²) in [5.74, 6) is -0.774. The Morgan fingerprint density at radius 3 is 2.59 bits per heavy atom. The summed E-state index contributed by atoms with van der Waals surface area (Å²) in [6.07, 6.45) is 0.691. The molecule has 138 valence electrons. The molecular formula is C22H20FNO3. The van der Waals surface area contributed by atoms with E-state index in [0.717, 1.165) is 11.1 Å². The summed E-state index contributed by atoms with van der Waals surface area (Å²) in [6, 6.07) is 9.18. The van der Waals surface area contributed by atoms with Crippen LogP contribution in [0.1, 0.15) is 52.2 Å². The molecule has 0 aliphatic carbocycles. The van der Waals surface area contributed by atoms with Crippen molar-refractivity contribution < 1.29 is 13.6 Å². The van der Waals surface area contributed by atoms with E-state index in [2.05, 4.69) is 0 Å². The van der Waals surface area contributed by atoms with Gasteiger partial charge < -0.3 is 9.32 Å². The van der Waals surface area contributed by atoms with Gasteiger partial charge in [-0.2, -0.15) is 0 Å². The fourth-order valence-corrected chi connectivity index (χ4v) is 3.97. The third-order valence-corrected chi connectivity index (χ3v) is 5.06. The Balaban J connectivity index is 2.08. The molecule has 2 heterocycles. The zero-order valence-corrected chi connectivity index (χ0v) is 15.5. The Hall–Kier alpha value is -2.95. The van der Waals surface area contributed by atoms with E-state index in [1.807, 2.05) is 26.8 Å². The third kappa shape index (κ3) is 2.57. The Bertz CT molecular complexity index is 1130. The van der Waals surface area contributed by atoms with E-state index >= 15 is 0 Å². The number of benzene rings is 2. The fourth-order valence-electron chi connectivity index (χ4n) is 3.97. The van der Waals surface area contributed by atoms with Crippen LogP contribution in [0.25, 0.3) is 11.0 Å². The number of rotatable bonds is 3. The largest absolute Gasteiger partial charge is 0.450 e. The van der Waals surface area contributed by atoms with Crippen LogP contribution in [0, 0.1) is 19.7 Å². The molecule has 2 aromatic carbocycles. The summed E-state index contributed by atoms with van der Waals surface area (Å²) in [5, 5.41) is 0.429. The van der Waals surface area contributed by atoms with Crippen LogP contribution in [0.4, 0.5) is 4.39 Å². The number of carbonyl (C=O) groups is 1. The van der Waals surface area contributed by atoms with Crippen LogP contribution in [0.5, 0.6) is 0 Å². The first-order valence-electron chi connectivity index (χ1n) is 9.07. The SMILES string of the molecule is CCCN1C(=O)c2oc3c(C)cc(C)cc3c(=O)c2C1c1ccccc1F. The van der Waals surface area contributed by atoms with Crippen molar-refractivity contribution in [3.05, 3.63) is 80.5 Å². The van der Waals surface area contributed by atoms with Gasteiger partial charge in [0, 0.05) is 12.1 Å². The molecule has 4 nitrogen and oxygen atoms in total. The summed E-state index contributed by atoms with van der Waals surface area (Å²) in [5.41, 5.74) is 2.44. The van der Waals surface area contributed by atoms with E-state index in [0.29, 0.717) is 29.5 Å². The van der Waals surface area contributed by atoms with Crippen molar-refractivity contribution in [3.8, 4) is 0 Å². The zero-order chi connectivity index (χ0) is 19.3. The minimum atomic E-state index is -0.768. The molecule has 0 fully saturated rings. The number of aryl methyl sites for hydroxylation is 2. The lowest BCUT2D eigenvalue weighted by atomic mass is 9.97. The molecule has 0 spiro atoms. The molecular weight excluding hydrogens is 345 g/mol. The average Bonchev–Trinajstić information content (AvgIpc) is 2.90. The Labute approximate surface area is 156 Å². The molecule has 5 heteroatoms. The number of nitrogens with zero attached hydrogens (tertiary/aromatic N) is 1. The van der Waals surface area contributed by atoms with Crippen LogP contribution in [0.3, 0.4) is 0 Å². The Morgan fingerprint density at radius 2 is 1.89 bits per heavy atom. The van der Waals surface area contributed by atoms with Crippen LogP contribution >= 0.6 is 0 Å². The minimum absolute atomic E-state index is 0.0288. The summed E-state index contributed by atoms with van der Waals surface area (Å²) in [4.78, 5) is 27.9. The van der Waals surface area contributed by atoms with Crippen molar-refractivity contribution in [1.29, 1.82) is 0 Å². The zero-order valence-electron chi connectivity index (χ0n) is 15.5. The van der Waals surface area contributed by atoms with Crippen LogP contribution in [0.15, 0.2) is 45.6 Å². The molecule has 0 saturated heterocycles. The average molecular weight is 365 g/mol. The third-order valence-electron chi connectivity index (χ3n) is 5.06. The second-order valence-electron chi connectivity index (χ2n) is 7.06. The molecule has 0 bridgehead atoms. The normalized spacial score (nSPS) is 16.2. The van der Waals surface area contributed by atoms with E-state index in [1.165, 1.54) is 11.0 Å². The van der Waals surface area contributed by atoms with Crippen molar-refractivity contribution in [2.75, 3.05) is 6.54 Å². The van der Waals surface area contributed by atoms with Crippen LogP contribution < -0.4 is 5.43 Å². The first-order valence-corrected chi connectivity index (χ1v) is 9.07. The van der Waals surface area contributed by atoms with E-state index in [-0.39, 0.29) is 22.7 Å². The highest BCUT2D eigenvalue weighted by Gasteiger charge is 2.43. The van der Waals surface area contributed by atoms with Gasteiger partial charge in [0.05, 0.1) is 17.0 Å². The second-order valence-corrected chi connectivity index (χ2v) is 7.06. The van der Waals surface area contributed by atoms with Gasteiger partial charge in [0.15, 0.2) is 5.43 Å². The molecule has 0 saturated carbocycles. The predicted octanol–water partition coefficient (Wildman–Crippen LogP) is 4.50. The quantitative estimate of drug-likeness (QED) is 0.686. The lowest BCUT2D eigenvalue weighted by Gasteiger charge is -2.24. The van der Waals surface area contributed by atoms with Crippen LogP contribution in [0.2, 0.25) is 0 Å². The number of hydrogen-bond acceptors (Lipinski definition) is 3. The molecule has 1 unspecified atom stereocenters. The van der Waals surface area contributed by atoms with E-state index in [9.17, 15) is 14.0 Å². The lowest BCUT2D eigenvalue weighted by Crippen LogP contribution is -2.30. The molecule has 3 aromatic rings. The molecule has 0 radical (unpaired) electrons. The van der Waals surface area contributed by atoms with Crippen LogP contribution in [-0.2, 0) is 0 Å². The highest BCUT2D eigenvalue weighted by molar-refractivity contribution is 5.99. The molecule has 27 heavy (non-hydrogen) atoms. The molecule has 1 aliphatic heterocycles. The van der Waals surface area contributed by atoms with Gasteiger partial charge in [-0.1, -0.05) is 31.2 Å². The van der Waals surface area contributed by atoms with Gasteiger partial charge in [0.1, 0.15) is 11.4 Å². The van der Waals surface area contributed by atoms with Gasteiger partial charge in [0.25, 0.3) is 5.91 Å². The number of amides is 1. The number of halogens is 1. The molecule has 0 N–H and O–H groups in total. The second kappa shape index (κ2) is 6.34. The van der Waals surface area contributed by atoms with Gasteiger partial charge in [-0.25, -0.2) is 4.39 Å². The fraction of sp³-hybridized carbons (Fsp3) is 0.273. The highest BCUT2D eigenvalue weighted by Crippen LogP contribution is 2.39. The van der Waals surface area contributed by atoms with Crippen molar-refractivity contribution in [2.45, 2.75) is 33.2 Å². The van der Waals surface area contributed by atoms with Crippen LogP contribution in [-0.4, -0.2) is 17.4 Å². The van der Waals surface area contributed by atoms with Crippen molar-refractivity contribution in [2.24, 2.45) is 0 Å². The number of hydrogen-bond donors (Lipinski definition) is 0. The van der Waals surface area contributed by atoms with Crippen molar-refractivity contribution >= 4 is 16.9 Å². The monoisotopic (exact) mass is 365 g/mol. The summed E-state index contributed by atoms with van der Waals surface area (Å²) < 4.78 is 20.5. The molecule has 1 atom stereocenters. The molecule has 4 rings (SSSR count). The smallest absolute Gasteiger partial charge is 0.290 e. The molecule has 1 aromatic heterocycles. The van der Waals surface area contributed by atoms with Crippen molar-refractivity contribution in [3.63, 3.8) is 0 Å². The molecule has 1 amide bonds. The molecule has 1 aliphatic rings. The maximum Gasteiger partial charge on any atom is 0.290 e. The summed E-state index contributed by atoms with van der Waals surface area (Å²) >= 11 is 0. The van der Waals surface area contributed by atoms with E-state index in [1.54, 1.807) is 24.3 Å². The standard InChI is InChI=1S/C22H20FNO3/c1-4-9-24-18(14-7-5-6-8-16(14)23)17-19(25)15-11-12(2)10-13(3)20(15)27-21(17)22(24)26/h5-8,10-11,18H,4,9H2,1-3H3. The first kappa shape index (κ1) is 17.5. The van der Waals surface area contributed by atoms with Gasteiger partial charge in [-0.05, 0) is 43.5 Å². The Kier molecular flexibility index (Phi) is 4.10. The number of carbonyl (C=O) groups excluding carboxylic acids is 1. The topological polar surface area (TPSA) is 50.5 Å². The Morgan fingerprint density at radius 1 is 1.15 bits per heavy atom. The van der Waals surface area contributed by atoms with Gasteiger partial charge >= 0.3 is 0 Å². The van der Waals surface area contributed by atoms with E-state index < -0.39 is 11.9 Å². The maximum absolute atomic E-state index is 14.6. The van der Waals surface area contributed by atoms with Gasteiger partial charge in [-0.15, -0.1) is 0 Å². The highest BCUT2D eigenvalue weighted by atomic mass is 19.1. The predicted molar refractivity (Wildman–Crippen MR) is 102 cm³/mol.